The number of rotatable bonds is 2. The number of nitrogen functional groups attached to an aromatic ring is 1. The molecule has 3 aromatic rings. The minimum absolute atomic E-state index is 0.341. The Hall–Kier alpha value is -2.82. The molecule has 2 N–H and O–H groups in total. The van der Waals surface area contributed by atoms with Gasteiger partial charge < -0.3 is 5.73 Å². The van der Waals surface area contributed by atoms with E-state index in [-0.39, 0.29) is 0 Å². The molecular formula is C14H10N4O. The third-order valence-corrected chi connectivity index (χ3v) is 2.84. The summed E-state index contributed by atoms with van der Waals surface area (Å²) in [7, 11) is 0. The van der Waals surface area contributed by atoms with Crippen LogP contribution in [0.25, 0.3) is 22.3 Å². The molecule has 0 atom stereocenters. The molecule has 5 heteroatoms. The van der Waals surface area contributed by atoms with Crippen molar-refractivity contribution in [2.75, 3.05) is 5.73 Å². The number of hydrogen-bond acceptors (Lipinski definition) is 5. The maximum Gasteiger partial charge on any atom is 0.162 e. The second-order valence-electron chi connectivity index (χ2n) is 4.09. The van der Waals surface area contributed by atoms with Gasteiger partial charge >= 0.3 is 0 Å². The Balaban J connectivity index is 2.22. The van der Waals surface area contributed by atoms with Gasteiger partial charge in [-0.2, -0.15) is 0 Å². The van der Waals surface area contributed by atoms with Gasteiger partial charge in [0.15, 0.2) is 5.82 Å². The van der Waals surface area contributed by atoms with Crippen LogP contribution in [-0.2, 0) is 0 Å². The molecule has 0 saturated carbocycles. The fourth-order valence-corrected chi connectivity index (χ4v) is 1.93. The molecular weight excluding hydrogens is 240 g/mol. The Kier molecular flexibility index (Phi) is 2.64. The van der Waals surface area contributed by atoms with Crippen molar-refractivity contribution in [2.45, 2.75) is 0 Å². The van der Waals surface area contributed by atoms with E-state index >= 15 is 0 Å². The van der Waals surface area contributed by atoms with Crippen molar-refractivity contribution in [3.8, 4) is 11.4 Å². The predicted octanol–water partition coefficient (Wildman–Crippen LogP) is 3.28. The molecule has 0 unspecified atom stereocenters. The van der Waals surface area contributed by atoms with E-state index in [9.17, 15) is 4.91 Å². The summed E-state index contributed by atoms with van der Waals surface area (Å²) < 4.78 is 0. The third kappa shape index (κ3) is 2.01. The number of hydrogen-bond donors (Lipinski definition) is 1. The van der Waals surface area contributed by atoms with E-state index in [0.29, 0.717) is 17.3 Å². The van der Waals surface area contributed by atoms with E-state index in [1.807, 2.05) is 30.3 Å². The lowest BCUT2D eigenvalue weighted by atomic mass is 10.1. The number of nitrogens with zero attached hydrogens (tertiary/aromatic N) is 3. The number of fused-ring (bicyclic) bond motifs is 1. The summed E-state index contributed by atoms with van der Waals surface area (Å²) in [6, 6.07) is 14.3. The van der Waals surface area contributed by atoms with Crippen LogP contribution >= 0.6 is 0 Å². The SMILES string of the molecule is Nc1nc(-c2cccc(N=O)c2)nc2ccccc12. The van der Waals surface area contributed by atoms with Crippen LogP contribution in [0.15, 0.2) is 53.7 Å². The smallest absolute Gasteiger partial charge is 0.162 e. The molecule has 0 amide bonds. The van der Waals surface area contributed by atoms with Gasteiger partial charge in [0.2, 0.25) is 0 Å². The molecule has 5 nitrogen and oxygen atoms in total. The summed E-state index contributed by atoms with van der Waals surface area (Å²) in [6.07, 6.45) is 0. The molecule has 0 saturated heterocycles. The van der Waals surface area contributed by atoms with E-state index in [2.05, 4.69) is 15.1 Å². The number of nitroso groups, excluding NO2 is 1. The maximum atomic E-state index is 10.6. The fraction of sp³-hybridized carbons (Fsp3) is 0. The predicted molar refractivity (Wildman–Crippen MR) is 74.8 cm³/mol. The fourth-order valence-electron chi connectivity index (χ4n) is 1.93. The van der Waals surface area contributed by atoms with Gasteiger partial charge in [0.1, 0.15) is 11.5 Å². The minimum Gasteiger partial charge on any atom is -0.383 e. The molecule has 0 aliphatic rings. The van der Waals surface area contributed by atoms with Crippen molar-refractivity contribution in [3.05, 3.63) is 53.4 Å². The number of aromatic nitrogens is 2. The van der Waals surface area contributed by atoms with E-state index in [1.165, 1.54) is 0 Å². The normalized spacial score (nSPS) is 10.5. The summed E-state index contributed by atoms with van der Waals surface area (Å²) in [5.74, 6) is 0.909. The Morgan fingerprint density at radius 1 is 1.00 bits per heavy atom. The first-order valence-corrected chi connectivity index (χ1v) is 5.74. The van der Waals surface area contributed by atoms with Crippen molar-refractivity contribution < 1.29 is 0 Å². The zero-order chi connectivity index (χ0) is 13.2. The Morgan fingerprint density at radius 2 is 1.84 bits per heavy atom. The lowest BCUT2D eigenvalue weighted by Crippen LogP contribution is -1.97. The molecule has 3 rings (SSSR count). The Morgan fingerprint density at radius 3 is 2.68 bits per heavy atom. The van der Waals surface area contributed by atoms with Crippen LogP contribution in [0.2, 0.25) is 0 Å². The molecule has 92 valence electrons. The lowest BCUT2D eigenvalue weighted by molar-refractivity contribution is 1.23. The van der Waals surface area contributed by atoms with Crippen LogP contribution < -0.4 is 5.73 Å². The molecule has 0 bridgehead atoms. The topological polar surface area (TPSA) is 81.2 Å². The molecule has 0 fully saturated rings. The summed E-state index contributed by atoms with van der Waals surface area (Å²) >= 11 is 0. The zero-order valence-electron chi connectivity index (χ0n) is 9.95. The van der Waals surface area contributed by atoms with E-state index in [1.54, 1.807) is 18.2 Å². The monoisotopic (exact) mass is 250 g/mol. The van der Waals surface area contributed by atoms with Gasteiger partial charge in [-0.25, -0.2) is 9.97 Å². The third-order valence-electron chi connectivity index (χ3n) is 2.84. The largest absolute Gasteiger partial charge is 0.383 e. The second-order valence-corrected chi connectivity index (χ2v) is 4.09. The first-order chi connectivity index (χ1) is 9.28. The first-order valence-electron chi connectivity index (χ1n) is 5.74. The highest BCUT2D eigenvalue weighted by atomic mass is 16.3. The van der Waals surface area contributed by atoms with Gasteiger partial charge in [-0.1, -0.05) is 24.3 Å². The van der Waals surface area contributed by atoms with Gasteiger partial charge in [-0.05, 0) is 29.4 Å². The summed E-state index contributed by atoms with van der Waals surface area (Å²) in [5, 5.41) is 3.72. The number of para-hydroxylation sites is 1. The maximum absolute atomic E-state index is 10.6. The van der Waals surface area contributed by atoms with Crippen molar-refractivity contribution in [3.63, 3.8) is 0 Å². The van der Waals surface area contributed by atoms with Crippen LogP contribution in [-0.4, -0.2) is 9.97 Å². The molecule has 2 aromatic carbocycles. The van der Waals surface area contributed by atoms with Gasteiger partial charge in [0, 0.05) is 10.9 Å². The lowest BCUT2D eigenvalue weighted by Gasteiger charge is -2.05. The summed E-state index contributed by atoms with van der Waals surface area (Å²) in [5.41, 5.74) is 7.76. The van der Waals surface area contributed by atoms with Crippen molar-refractivity contribution >= 4 is 22.4 Å². The van der Waals surface area contributed by atoms with Crippen LogP contribution in [0, 0.1) is 4.91 Å². The van der Waals surface area contributed by atoms with E-state index < -0.39 is 0 Å². The minimum atomic E-state index is 0.341. The average molecular weight is 250 g/mol. The Labute approximate surface area is 109 Å². The van der Waals surface area contributed by atoms with Gasteiger partial charge in [-0.15, -0.1) is 4.91 Å². The van der Waals surface area contributed by atoms with Crippen LogP contribution in [0.5, 0.6) is 0 Å². The van der Waals surface area contributed by atoms with Crippen molar-refractivity contribution in [2.24, 2.45) is 5.18 Å². The van der Waals surface area contributed by atoms with Crippen molar-refractivity contribution in [1.29, 1.82) is 0 Å². The highest BCUT2D eigenvalue weighted by Gasteiger charge is 2.07. The van der Waals surface area contributed by atoms with Crippen LogP contribution in [0.4, 0.5) is 11.5 Å². The van der Waals surface area contributed by atoms with Crippen LogP contribution in [0.1, 0.15) is 0 Å². The molecule has 19 heavy (non-hydrogen) atoms. The average Bonchev–Trinajstić information content (AvgIpc) is 2.47. The molecule has 0 aliphatic carbocycles. The van der Waals surface area contributed by atoms with Gasteiger partial charge in [0.05, 0.1) is 5.52 Å². The molecule has 1 heterocycles. The quantitative estimate of drug-likeness (QED) is 0.707. The molecule has 0 spiro atoms. The zero-order valence-corrected chi connectivity index (χ0v) is 9.95. The van der Waals surface area contributed by atoms with Crippen LogP contribution in [0.3, 0.4) is 0 Å². The summed E-state index contributed by atoms with van der Waals surface area (Å²) in [6.45, 7) is 0. The summed E-state index contributed by atoms with van der Waals surface area (Å²) in [4.78, 5) is 19.3. The molecule has 1 aromatic heterocycles. The molecule has 0 radical (unpaired) electrons. The highest BCUT2D eigenvalue weighted by Crippen LogP contribution is 2.25. The molecule has 0 aliphatic heterocycles. The number of anilines is 1. The van der Waals surface area contributed by atoms with Gasteiger partial charge in [0.25, 0.3) is 0 Å². The van der Waals surface area contributed by atoms with Crippen molar-refractivity contribution in [1.82, 2.24) is 9.97 Å². The number of benzene rings is 2. The highest BCUT2D eigenvalue weighted by molar-refractivity contribution is 5.89. The first kappa shape index (κ1) is 11.3. The van der Waals surface area contributed by atoms with Gasteiger partial charge in [-0.3, -0.25) is 0 Å². The standard InChI is InChI=1S/C14H10N4O/c15-13-11-6-1-2-7-12(11)16-14(17-13)9-4-3-5-10(8-9)18-19/h1-8H,(H2,15,16,17). The Bertz CT molecular complexity index is 770. The van der Waals surface area contributed by atoms with E-state index in [0.717, 1.165) is 16.5 Å². The second kappa shape index (κ2) is 4.45. The van der Waals surface area contributed by atoms with E-state index in [4.69, 9.17) is 5.73 Å². The number of nitrogens with two attached hydrogens (primary N) is 1.